The van der Waals surface area contributed by atoms with E-state index in [1.54, 1.807) is 11.3 Å². The Balaban J connectivity index is 2.36. The van der Waals surface area contributed by atoms with E-state index in [0.717, 1.165) is 5.56 Å². The van der Waals surface area contributed by atoms with Crippen molar-refractivity contribution < 1.29 is 5.11 Å². The van der Waals surface area contributed by atoms with Gasteiger partial charge in [-0.15, -0.1) is 11.3 Å². The molecule has 2 rings (SSSR count). The second-order valence-electron chi connectivity index (χ2n) is 5.37. The average molecular weight is 246 g/mol. The minimum Gasteiger partial charge on any atom is -0.388 e. The summed E-state index contributed by atoms with van der Waals surface area (Å²) in [5.41, 5.74) is 2.04. The summed E-state index contributed by atoms with van der Waals surface area (Å²) in [6.45, 7) is 6.15. The second kappa shape index (κ2) is 4.63. The number of hydrogen-bond donors (Lipinski definition) is 1. The van der Waals surface area contributed by atoms with E-state index in [9.17, 15) is 5.11 Å². The van der Waals surface area contributed by atoms with Crippen LogP contribution in [0, 0.1) is 5.41 Å². The van der Waals surface area contributed by atoms with Gasteiger partial charge in [0.2, 0.25) is 0 Å². The van der Waals surface area contributed by atoms with Crippen molar-refractivity contribution in [3.05, 3.63) is 47.3 Å². The number of rotatable bonds is 2. The standard InChI is InChI=1S/C15H18OS/c1-15(2,3)14(16)12-7-4-6-11(10-12)13-8-5-9-17-13/h4-10,14,16H,1-3H3/t14-/m1/s1. The predicted molar refractivity (Wildman–Crippen MR) is 74.2 cm³/mol. The molecule has 0 fully saturated rings. The third kappa shape index (κ3) is 2.76. The molecule has 0 aliphatic rings. The molecule has 0 saturated heterocycles. The van der Waals surface area contributed by atoms with Crippen molar-refractivity contribution in [2.75, 3.05) is 0 Å². The van der Waals surface area contributed by atoms with Crippen LogP contribution < -0.4 is 0 Å². The maximum atomic E-state index is 10.3. The summed E-state index contributed by atoms with van der Waals surface area (Å²) in [6, 6.07) is 12.3. The largest absolute Gasteiger partial charge is 0.388 e. The zero-order chi connectivity index (χ0) is 12.5. The van der Waals surface area contributed by atoms with Crippen LogP contribution in [-0.4, -0.2) is 5.11 Å². The maximum Gasteiger partial charge on any atom is 0.0838 e. The lowest BCUT2D eigenvalue weighted by atomic mass is 9.84. The van der Waals surface area contributed by atoms with E-state index in [1.807, 2.05) is 18.2 Å². The lowest BCUT2D eigenvalue weighted by Gasteiger charge is -2.26. The quantitative estimate of drug-likeness (QED) is 0.827. The molecule has 90 valence electrons. The summed E-state index contributed by atoms with van der Waals surface area (Å²) in [4.78, 5) is 1.24. The van der Waals surface area contributed by atoms with Crippen molar-refractivity contribution in [2.45, 2.75) is 26.9 Å². The summed E-state index contributed by atoms with van der Waals surface area (Å²) >= 11 is 1.72. The van der Waals surface area contributed by atoms with Gasteiger partial charge >= 0.3 is 0 Å². The molecule has 0 radical (unpaired) electrons. The molecule has 1 atom stereocenters. The molecule has 0 bridgehead atoms. The molecule has 1 aromatic heterocycles. The van der Waals surface area contributed by atoms with Crippen LogP contribution in [0.4, 0.5) is 0 Å². The lowest BCUT2D eigenvalue weighted by molar-refractivity contribution is 0.0627. The Hall–Kier alpha value is -1.12. The van der Waals surface area contributed by atoms with Crippen LogP contribution in [0.15, 0.2) is 41.8 Å². The van der Waals surface area contributed by atoms with Crippen LogP contribution in [-0.2, 0) is 0 Å². The van der Waals surface area contributed by atoms with Crippen molar-refractivity contribution in [2.24, 2.45) is 5.41 Å². The van der Waals surface area contributed by atoms with Crippen LogP contribution in [0.5, 0.6) is 0 Å². The molecule has 1 heterocycles. The van der Waals surface area contributed by atoms with Crippen molar-refractivity contribution >= 4 is 11.3 Å². The maximum absolute atomic E-state index is 10.3. The highest BCUT2D eigenvalue weighted by molar-refractivity contribution is 7.13. The highest BCUT2D eigenvalue weighted by atomic mass is 32.1. The van der Waals surface area contributed by atoms with Gasteiger partial charge in [-0.3, -0.25) is 0 Å². The summed E-state index contributed by atoms with van der Waals surface area (Å²) in [5, 5.41) is 12.4. The fourth-order valence-electron chi connectivity index (χ4n) is 1.80. The Morgan fingerprint density at radius 2 is 1.88 bits per heavy atom. The SMILES string of the molecule is CC(C)(C)[C@H](O)c1cccc(-c2cccs2)c1. The second-order valence-corrected chi connectivity index (χ2v) is 6.32. The van der Waals surface area contributed by atoms with Gasteiger partial charge in [0.1, 0.15) is 0 Å². The number of aliphatic hydroxyl groups excluding tert-OH is 1. The molecule has 1 N–H and O–H groups in total. The normalized spacial score (nSPS) is 13.6. The molecule has 0 amide bonds. The zero-order valence-corrected chi connectivity index (χ0v) is 11.3. The van der Waals surface area contributed by atoms with E-state index in [2.05, 4.69) is 44.4 Å². The predicted octanol–water partition coefficient (Wildman–Crippen LogP) is 4.49. The molecule has 0 spiro atoms. The Kier molecular flexibility index (Phi) is 3.36. The Morgan fingerprint density at radius 3 is 2.47 bits per heavy atom. The molecule has 17 heavy (non-hydrogen) atoms. The van der Waals surface area contributed by atoms with Gasteiger partial charge in [-0.1, -0.05) is 45.0 Å². The molecule has 0 saturated carbocycles. The van der Waals surface area contributed by atoms with Crippen molar-refractivity contribution in [1.82, 2.24) is 0 Å². The molecule has 2 aromatic rings. The highest BCUT2D eigenvalue weighted by Gasteiger charge is 2.23. The van der Waals surface area contributed by atoms with Crippen molar-refractivity contribution in [3.8, 4) is 10.4 Å². The molecular weight excluding hydrogens is 228 g/mol. The minimum absolute atomic E-state index is 0.131. The van der Waals surface area contributed by atoms with Gasteiger partial charge in [0.05, 0.1) is 6.10 Å². The summed E-state index contributed by atoms with van der Waals surface area (Å²) < 4.78 is 0. The monoisotopic (exact) mass is 246 g/mol. The summed E-state index contributed by atoms with van der Waals surface area (Å²) in [6.07, 6.45) is -0.428. The Morgan fingerprint density at radius 1 is 1.12 bits per heavy atom. The minimum atomic E-state index is -0.428. The van der Waals surface area contributed by atoms with E-state index in [0.29, 0.717) is 0 Å². The topological polar surface area (TPSA) is 20.2 Å². The number of benzene rings is 1. The number of thiophene rings is 1. The first-order valence-electron chi connectivity index (χ1n) is 5.80. The van der Waals surface area contributed by atoms with Crippen molar-refractivity contribution in [1.29, 1.82) is 0 Å². The van der Waals surface area contributed by atoms with Gasteiger partial charge in [0.25, 0.3) is 0 Å². The summed E-state index contributed by atoms with van der Waals surface area (Å²) in [7, 11) is 0. The van der Waals surface area contributed by atoms with Gasteiger partial charge in [0.15, 0.2) is 0 Å². The fraction of sp³-hybridized carbons (Fsp3) is 0.333. The van der Waals surface area contributed by atoms with Crippen LogP contribution in [0.1, 0.15) is 32.4 Å². The summed E-state index contributed by atoms with van der Waals surface area (Å²) in [5.74, 6) is 0. The smallest absolute Gasteiger partial charge is 0.0838 e. The van der Waals surface area contributed by atoms with Gasteiger partial charge in [-0.25, -0.2) is 0 Å². The highest BCUT2D eigenvalue weighted by Crippen LogP contribution is 2.34. The van der Waals surface area contributed by atoms with Crippen LogP contribution in [0.2, 0.25) is 0 Å². The van der Waals surface area contributed by atoms with E-state index in [1.165, 1.54) is 10.4 Å². The third-order valence-electron chi connectivity index (χ3n) is 2.83. The van der Waals surface area contributed by atoms with E-state index in [4.69, 9.17) is 0 Å². The Labute approximate surface area is 107 Å². The average Bonchev–Trinajstić information content (AvgIpc) is 2.80. The first-order valence-corrected chi connectivity index (χ1v) is 6.68. The third-order valence-corrected chi connectivity index (χ3v) is 3.75. The fourth-order valence-corrected chi connectivity index (χ4v) is 2.53. The van der Waals surface area contributed by atoms with E-state index < -0.39 is 6.10 Å². The van der Waals surface area contributed by atoms with Gasteiger partial charge in [0, 0.05) is 4.88 Å². The van der Waals surface area contributed by atoms with Crippen LogP contribution in [0.3, 0.4) is 0 Å². The van der Waals surface area contributed by atoms with Crippen LogP contribution >= 0.6 is 11.3 Å². The molecule has 1 nitrogen and oxygen atoms in total. The van der Waals surface area contributed by atoms with Crippen LogP contribution in [0.25, 0.3) is 10.4 Å². The first kappa shape index (κ1) is 12.3. The number of aliphatic hydroxyl groups is 1. The molecular formula is C15H18OS. The van der Waals surface area contributed by atoms with E-state index in [-0.39, 0.29) is 5.41 Å². The lowest BCUT2D eigenvalue weighted by Crippen LogP contribution is -2.17. The molecule has 2 heteroatoms. The number of hydrogen-bond acceptors (Lipinski definition) is 2. The van der Waals surface area contributed by atoms with Gasteiger partial charge in [-0.05, 0) is 34.1 Å². The molecule has 0 aliphatic heterocycles. The van der Waals surface area contributed by atoms with Crippen molar-refractivity contribution in [3.63, 3.8) is 0 Å². The molecule has 0 aliphatic carbocycles. The van der Waals surface area contributed by atoms with Gasteiger partial charge in [-0.2, -0.15) is 0 Å². The molecule has 1 aromatic carbocycles. The molecule has 0 unspecified atom stereocenters. The zero-order valence-electron chi connectivity index (χ0n) is 10.5. The van der Waals surface area contributed by atoms with E-state index >= 15 is 0 Å². The Bertz CT molecular complexity index is 480. The first-order chi connectivity index (χ1) is 7.98. The van der Waals surface area contributed by atoms with Gasteiger partial charge < -0.3 is 5.11 Å².